The summed E-state index contributed by atoms with van der Waals surface area (Å²) >= 11 is 0. The first-order chi connectivity index (χ1) is 8.95. The SMILES string of the molecule is CC(=O)N[C@@H]1[C@@H](CC2CO2)CC(C)=C[C@H]1OC(C)C. The van der Waals surface area contributed by atoms with Crippen LogP contribution in [0.4, 0.5) is 0 Å². The van der Waals surface area contributed by atoms with Crippen molar-refractivity contribution in [3.8, 4) is 0 Å². The molecule has 19 heavy (non-hydrogen) atoms. The van der Waals surface area contributed by atoms with E-state index in [4.69, 9.17) is 9.47 Å². The van der Waals surface area contributed by atoms with Crippen LogP contribution in [0.25, 0.3) is 0 Å². The topological polar surface area (TPSA) is 50.9 Å². The van der Waals surface area contributed by atoms with Gasteiger partial charge in [0.1, 0.15) is 0 Å². The number of carbonyl (C=O) groups excluding carboxylic acids is 1. The van der Waals surface area contributed by atoms with E-state index in [9.17, 15) is 4.79 Å². The van der Waals surface area contributed by atoms with Crippen molar-refractivity contribution >= 4 is 5.91 Å². The van der Waals surface area contributed by atoms with Crippen LogP contribution in [0.3, 0.4) is 0 Å². The molecule has 0 bridgehead atoms. The molecule has 2 rings (SSSR count). The average Bonchev–Trinajstić information content (AvgIpc) is 3.05. The first kappa shape index (κ1) is 14.5. The Hall–Kier alpha value is -0.870. The Balaban J connectivity index is 2.11. The fourth-order valence-electron chi connectivity index (χ4n) is 2.91. The molecule has 4 nitrogen and oxygen atoms in total. The lowest BCUT2D eigenvalue weighted by Crippen LogP contribution is -2.50. The van der Waals surface area contributed by atoms with Crippen LogP contribution < -0.4 is 5.32 Å². The molecule has 1 fully saturated rings. The molecule has 1 aliphatic carbocycles. The molecule has 1 N–H and O–H groups in total. The van der Waals surface area contributed by atoms with Crippen LogP contribution in [0.15, 0.2) is 11.6 Å². The highest BCUT2D eigenvalue weighted by Gasteiger charge is 2.38. The van der Waals surface area contributed by atoms with E-state index in [1.54, 1.807) is 6.92 Å². The first-order valence-corrected chi connectivity index (χ1v) is 7.17. The van der Waals surface area contributed by atoms with Crippen molar-refractivity contribution in [1.29, 1.82) is 0 Å². The maximum atomic E-state index is 11.5. The van der Waals surface area contributed by atoms with Crippen molar-refractivity contribution < 1.29 is 14.3 Å². The van der Waals surface area contributed by atoms with E-state index in [0.717, 1.165) is 19.4 Å². The molecule has 0 aromatic carbocycles. The van der Waals surface area contributed by atoms with E-state index >= 15 is 0 Å². The number of allylic oxidation sites excluding steroid dienone is 1. The largest absolute Gasteiger partial charge is 0.373 e. The Morgan fingerprint density at radius 2 is 2.26 bits per heavy atom. The summed E-state index contributed by atoms with van der Waals surface area (Å²) in [4.78, 5) is 11.5. The molecule has 0 saturated carbocycles. The van der Waals surface area contributed by atoms with Crippen molar-refractivity contribution in [3.05, 3.63) is 11.6 Å². The van der Waals surface area contributed by atoms with Gasteiger partial charge in [0.2, 0.25) is 5.91 Å². The zero-order chi connectivity index (χ0) is 14.0. The number of rotatable bonds is 5. The van der Waals surface area contributed by atoms with Gasteiger partial charge in [-0.05, 0) is 39.5 Å². The first-order valence-electron chi connectivity index (χ1n) is 7.17. The molecule has 1 aliphatic heterocycles. The van der Waals surface area contributed by atoms with Crippen LogP contribution >= 0.6 is 0 Å². The van der Waals surface area contributed by atoms with E-state index in [1.807, 2.05) is 13.8 Å². The predicted octanol–water partition coefficient (Wildman–Crippen LogP) is 2.04. The summed E-state index contributed by atoms with van der Waals surface area (Å²) < 4.78 is 11.3. The molecule has 2 aliphatic rings. The van der Waals surface area contributed by atoms with Gasteiger partial charge in [-0.25, -0.2) is 0 Å². The van der Waals surface area contributed by atoms with E-state index in [-0.39, 0.29) is 24.2 Å². The van der Waals surface area contributed by atoms with Crippen LogP contribution in [-0.4, -0.2) is 36.9 Å². The Kier molecular flexibility index (Phi) is 4.63. The molecule has 4 heteroatoms. The monoisotopic (exact) mass is 267 g/mol. The number of carbonyl (C=O) groups is 1. The standard InChI is InChI=1S/C15H25NO3/c1-9(2)19-14-6-10(3)5-12(7-13-8-18-13)15(14)16-11(4)17/h6,9,12-15H,5,7-8H2,1-4H3,(H,16,17)/t12-,13?,14-,15-/m1/s1. The number of hydrogen-bond acceptors (Lipinski definition) is 3. The molecule has 1 amide bonds. The highest BCUT2D eigenvalue weighted by atomic mass is 16.6. The second kappa shape index (κ2) is 6.06. The minimum atomic E-state index is -0.0265. The average molecular weight is 267 g/mol. The molecule has 1 heterocycles. The molecule has 1 unspecified atom stereocenters. The molecular formula is C15H25NO3. The fraction of sp³-hybridized carbons (Fsp3) is 0.800. The molecule has 4 atom stereocenters. The van der Waals surface area contributed by atoms with Gasteiger partial charge in [0.05, 0.1) is 31.0 Å². The van der Waals surface area contributed by atoms with Gasteiger partial charge >= 0.3 is 0 Å². The fourth-order valence-corrected chi connectivity index (χ4v) is 2.91. The summed E-state index contributed by atoms with van der Waals surface area (Å²) in [5.41, 5.74) is 1.35. The van der Waals surface area contributed by atoms with Crippen molar-refractivity contribution in [2.24, 2.45) is 5.92 Å². The number of nitrogens with one attached hydrogen (secondary N) is 1. The van der Waals surface area contributed by atoms with Gasteiger partial charge < -0.3 is 14.8 Å². The van der Waals surface area contributed by atoms with Crippen LogP contribution in [0.1, 0.15) is 40.5 Å². The summed E-state index contributed by atoms with van der Waals surface area (Å²) in [6.45, 7) is 8.63. The Bertz CT molecular complexity index is 360. The van der Waals surface area contributed by atoms with Gasteiger partial charge in [-0.2, -0.15) is 0 Å². The van der Waals surface area contributed by atoms with E-state index in [2.05, 4.69) is 18.3 Å². The normalized spacial score (nSPS) is 34.1. The second-order valence-electron chi connectivity index (χ2n) is 6.04. The van der Waals surface area contributed by atoms with Crippen molar-refractivity contribution in [2.75, 3.05) is 6.61 Å². The zero-order valence-corrected chi connectivity index (χ0v) is 12.3. The molecule has 1 saturated heterocycles. The van der Waals surface area contributed by atoms with Crippen LogP contribution in [0, 0.1) is 5.92 Å². The molecule has 0 aromatic rings. The minimum Gasteiger partial charge on any atom is -0.373 e. The summed E-state index contributed by atoms with van der Waals surface area (Å²) in [6.07, 6.45) is 4.69. The second-order valence-corrected chi connectivity index (χ2v) is 6.04. The highest BCUT2D eigenvalue weighted by molar-refractivity contribution is 5.73. The van der Waals surface area contributed by atoms with Crippen molar-refractivity contribution in [3.63, 3.8) is 0 Å². The van der Waals surface area contributed by atoms with Crippen LogP contribution in [0.2, 0.25) is 0 Å². The molecule has 108 valence electrons. The van der Waals surface area contributed by atoms with E-state index < -0.39 is 0 Å². The zero-order valence-electron chi connectivity index (χ0n) is 12.3. The third kappa shape index (κ3) is 4.32. The molecule has 0 aromatic heterocycles. The third-order valence-corrected chi connectivity index (χ3v) is 3.66. The van der Waals surface area contributed by atoms with Gasteiger partial charge in [0.25, 0.3) is 0 Å². The molecule has 0 spiro atoms. The lowest BCUT2D eigenvalue weighted by atomic mass is 9.80. The Morgan fingerprint density at radius 3 is 2.79 bits per heavy atom. The van der Waals surface area contributed by atoms with Crippen LogP contribution in [0.5, 0.6) is 0 Å². The quantitative estimate of drug-likeness (QED) is 0.612. The Labute approximate surface area is 115 Å². The van der Waals surface area contributed by atoms with Gasteiger partial charge in [0.15, 0.2) is 0 Å². The van der Waals surface area contributed by atoms with Gasteiger partial charge in [-0.15, -0.1) is 0 Å². The van der Waals surface area contributed by atoms with Crippen molar-refractivity contribution in [2.45, 2.75) is 64.9 Å². The van der Waals surface area contributed by atoms with E-state index in [1.165, 1.54) is 5.57 Å². The molecule has 0 radical (unpaired) electrons. The maximum Gasteiger partial charge on any atom is 0.217 e. The van der Waals surface area contributed by atoms with Crippen molar-refractivity contribution in [1.82, 2.24) is 5.32 Å². The smallest absolute Gasteiger partial charge is 0.217 e. The number of epoxide rings is 1. The third-order valence-electron chi connectivity index (χ3n) is 3.66. The number of amides is 1. The maximum absolute atomic E-state index is 11.5. The predicted molar refractivity (Wildman–Crippen MR) is 73.8 cm³/mol. The minimum absolute atomic E-state index is 0.0111. The van der Waals surface area contributed by atoms with Gasteiger partial charge in [-0.1, -0.05) is 11.6 Å². The lowest BCUT2D eigenvalue weighted by molar-refractivity contribution is -0.121. The van der Waals surface area contributed by atoms with Gasteiger partial charge in [-0.3, -0.25) is 4.79 Å². The van der Waals surface area contributed by atoms with E-state index in [0.29, 0.717) is 12.0 Å². The highest BCUT2D eigenvalue weighted by Crippen LogP contribution is 2.33. The lowest BCUT2D eigenvalue weighted by Gasteiger charge is -2.37. The number of ether oxygens (including phenoxy) is 2. The Morgan fingerprint density at radius 1 is 1.58 bits per heavy atom. The summed E-state index contributed by atoms with van der Waals surface area (Å²) in [7, 11) is 0. The van der Waals surface area contributed by atoms with Crippen LogP contribution in [-0.2, 0) is 14.3 Å². The summed E-state index contributed by atoms with van der Waals surface area (Å²) in [5, 5.41) is 3.08. The summed E-state index contributed by atoms with van der Waals surface area (Å²) in [5.74, 6) is 0.419. The van der Waals surface area contributed by atoms with Gasteiger partial charge in [0, 0.05) is 6.92 Å². The molecular weight excluding hydrogens is 242 g/mol. The number of hydrogen-bond donors (Lipinski definition) is 1. The summed E-state index contributed by atoms with van der Waals surface area (Å²) in [6, 6.07) is 0.0628.